The van der Waals surface area contributed by atoms with Gasteiger partial charge in [0.2, 0.25) is 5.88 Å². The summed E-state index contributed by atoms with van der Waals surface area (Å²) >= 11 is 0. The standard InChI is InChI=1S/C14H22N2O/c1-3-10-16-11-6-8-13(16)12-7-5-9-15-14(12)17-4-2/h5,7,9,13H,3-4,6,8,10-11H2,1-2H3/t13-/m1/s1. The van der Waals surface area contributed by atoms with Gasteiger partial charge in [0, 0.05) is 17.8 Å². The topological polar surface area (TPSA) is 25.4 Å². The van der Waals surface area contributed by atoms with Crippen LogP contribution in [0, 0.1) is 0 Å². The smallest absolute Gasteiger partial charge is 0.218 e. The van der Waals surface area contributed by atoms with Gasteiger partial charge in [-0.25, -0.2) is 4.98 Å². The minimum absolute atomic E-state index is 0.505. The fourth-order valence-electron chi connectivity index (χ4n) is 2.65. The van der Waals surface area contributed by atoms with Crippen LogP contribution < -0.4 is 4.74 Å². The summed E-state index contributed by atoms with van der Waals surface area (Å²) in [6.45, 7) is 7.31. The highest BCUT2D eigenvalue weighted by atomic mass is 16.5. The van der Waals surface area contributed by atoms with Gasteiger partial charge in [-0.15, -0.1) is 0 Å². The summed E-state index contributed by atoms with van der Waals surface area (Å²) in [7, 11) is 0. The van der Waals surface area contributed by atoms with E-state index in [4.69, 9.17) is 4.74 Å². The maximum Gasteiger partial charge on any atom is 0.218 e. The van der Waals surface area contributed by atoms with Crippen molar-refractivity contribution in [2.75, 3.05) is 19.7 Å². The Kier molecular flexibility index (Phi) is 4.37. The van der Waals surface area contributed by atoms with Crippen LogP contribution in [0.5, 0.6) is 5.88 Å². The van der Waals surface area contributed by atoms with Crippen molar-refractivity contribution in [2.24, 2.45) is 0 Å². The van der Waals surface area contributed by atoms with Gasteiger partial charge < -0.3 is 4.74 Å². The fourth-order valence-corrected chi connectivity index (χ4v) is 2.65. The van der Waals surface area contributed by atoms with Gasteiger partial charge in [-0.1, -0.05) is 13.0 Å². The molecule has 0 aliphatic carbocycles. The molecule has 0 unspecified atom stereocenters. The summed E-state index contributed by atoms with van der Waals surface area (Å²) < 4.78 is 5.64. The molecule has 0 spiro atoms. The van der Waals surface area contributed by atoms with Crippen LogP contribution >= 0.6 is 0 Å². The van der Waals surface area contributed by atoms with Crippen molar-refractivity contribution in [1.82, 2.24) is 9.88 Å². The van der Waals surface area contributed by atoms with E-state index in [9.17, 15) is 0 Å². The number of hydrogen-bond donors (Lipinski definition) is 0. The fraction of sp³-hybridized carbons (Fsp3) is 0.643. The summed E-state index contributed by atoms with van der Waals surface area (Å²) in [5.41, 5.74) is 1.26. The average Bonchev–Trinajstić information content (AvgIpc) is 2.79. The van der Waals surface area contributed by atoms with E-state index < -0.39 is 0 Å². The van der Waals surface area contributed by atoms with Gasteiger partial charge in [0.15, 0.2) is 0 Å². The number of hydrogen-bond acceptors (Lipinski definition) is 3. The third-order valence-electron chi connectivity index (χ3n) is 3.32. The Hall–Kier alpha value is -1.09. The molecule has 0 N–H and O–H groups in total. The Morgan fingerprint density at radius 3 is 3.12 bits per heavy atom. The van der Waals surface area contributed by atoms with Crippen LogP contribution in [0.4, 0.5) is 0 Å². The lowest BCUT2D eigenvalue weighted by molar-refractivity contribution is 0.245. The maximum absolute atomic E-state index is 5.64. The maximum atomic E-state index is 5.64. The molecule has 0 bridgehead atoms. The van der Waals surface area contributed by atoms with Crippen LogP contribution in [0.1, 0.15) is 44.7 Å². The molecule has 2 rings (SSSR count). The summed E-state index contributed by atoms with van der Waals surface area (Å²) in [4.78, 5) is 6.91. The van der Waals surface area contributed by atoms with Gasteiger partial charge in [-0.05, 0) is 45.3 Å². The molecule has 1 aromatic heterocycles. The molecule has 1 aromatic rings. The quantitative estimate of drug-likeness (QED) is 0.783. The molecule has 17 heavy (non-hydrogen) atoms. The molecule has 3 heteroatoms. The van der Waals surface area contributed by atoms with Gasteiger partial charge in [-0.3, -0.25) is 4.90 Å². The van der Waals surface area contributed by atoms with Crippen molar-refractivity contribution in [3.8, 4) is 5.88 Å². The van der Waals surface area contributed by atoms with E-state index >= 15 is 0 Å². The van der Waals surface area contributed by atoms with Crippen molar-refractivity contribution in [3.05, 3.63) is 23.9 Å². The van der Waals surface area contributed by atoms with Gasteiger partial charge in [-0.2, -0.15) is 0 Å². The molecule has 0 radical (unpaired) electrons. The van der Waals surface area contributed by atoms with Gasteiger partial charge in [0.25, 0.3) is 0 Å². The van der Waals surface area contributed by atoms with Crippen molar-refractivity contribution in [2.45, 2.75) is 39.2 Å². The van der Waals surface area contributed by atoms with Crippen LogP contribution in [0.25, 0.3) is 0 Å². The van der Waals surface area contributed by atoms with E-state index in [1.807, 2.05) is 19.2 Å². The van der Waals surface area contributed by atoms with Crippen LogP contribution in [0.3, 0.4) is 0 Å². The molecule has 1 saturated heterocycles. The molecule has 2 heterocycles. The first-order chi connectivity index (χ1) is 8.36. The predicted octanol–water partition coefficient (Wildman–Crippen LogP) is 3.03. The number of pyridine rings is 1. The van der Waals surface area contributed by atoms with Gasteiger partial charge in [0.05, 0.1) is 6.61 Å². The lowest BCUT2D eigenvalue weighted by Crippen LogP contribution is -2.24. The minimum atomic E-state index is 0.505. The third-order valence-corrected chi connectivity index (χ3v) is 3.32. The summed E-state index contributed by atoms with van der Waals surface area (Å²) in [6.07, 6.45) is 5.53. The second-order valence-corrected chi connectivity index (χ2v) is 4.52. The van der Waals surface area contributed by atoms with Crippen molar-refractivity contribution in [3.63, 3.8) is 0 Å². The molecule has 3 nitrogen and oxygen atoms in total. The summed E-state index contributed by atoms with van der Waals surface area (Å²) in [5, 5.41) is 0. The normalized spacial score (nSPS) is 20.7. The van der Waals surface area contributed by atoms with Crippen molar-refractivity contribution >= 4 is 0 Å². The number of rotatable bonds is 5. The van der Waals surface area contributed by atoms with Crippen LogP contribution in [-0.4, -0.2) is 29.6 Å². The Bertz CT molecular complexity index is 354. The lowest BCUT2D eigenvalue weighted by Gasteiger charge is -2.25. The first-order valence-corrected chi connectivity index (χ1v) is 6.68. The van der Waals surface area contributed by atoms with Crippen LogP contribution in [-0.2, 0) is 0 Å². The minimum Gasteiger partial charge on any atom is -0.478 e. The second-order valence-electron chi connectivity index (χ2n) is 4.52. The largest absolute Gasteiger partial charge is 0.478 e. The highest BCUT2D eigenvalue weighted by Gasteiger charge is 2.27. The highest BCUT2D eigenvalue weighted by Crippen LogP contribution is 2.35. The van der Waals surface area contributed by atoms with Crippen molar-refractivity contribution in [1.29, 1.82) is 0 Å². The first-order valence-electron chi connectivity index (χ1n) is 6.68. The van der Waals surface area contributed by atoms with E-state index in [0.717, 1.165) is 5.88 Å². The summed E-state index contributed by atoms with van der Waals surface area (Å²) in [5.74, 6) is 0.822. The number of nitrogens with zero attached hydrogens (tertiary/aromatic N) is 2. The molecule has 0 aromatic carbocycles. The average molecular weight is 234 g/mol. The Morgan fingerprint density at radius 2 is 2.35 bits per heavy atom. The van der Waals surface area contributed by atoms with Gasteiger partial charge in [0.1, 0.15) is 0 Å². The summed E-state index contributed by atoms with van der Waals surface area (Å²) in [6, 6.07) is 4.68. The van der Waals surface area contributed by atoms with E-state index in [1.54, 1.807) is 0 Å². The monoisotopic (exact) mass is 234 g/mol. The van der Waals surface area contributed by atoms with E-state index in [2.05, 4.69) is 22.9 Å². The molecule has 1 aliphatic rings. The molecule has 94 valence electrons. The molecule has 1 atom stereocenters. The highest BCUT2D eigenvalue weighted by molar-refractivity contribution is 5.29. The number of aromatic nitrogens is 1. The second kappa shape index (κ2) is 6.01. The number of likely N-dealkylation sites (tertiary alicyclic amines) is 1. The van der Waals surface area contributed by atoms with E-state index in [1.165, 1.54) is 37.9 Å². The predicted molar refractivity (Wildman–Crippen MR) is 69.2 cm³/mol. The van der Waals surface area contributed by atoms with Crippen molar-refractivity contribution < 1.29 is 4.74 Å². The molecule has 0 amide bonds. The third kappa shape index (κ3) is 2.78. The van der Waals surface area contributed by atoms with Gasteiger partial charge >= 0.3 is 0 Å². The molecular formula is C14H22N2O. The molecule has 1 aliphatic heterocycles. The van der Waals surface area contributed by atoms with E-state index in [-0.39, 0.29) is 0 Å². The molecular weight excluding hydrogens is 212 g/mol. The Morgan fingerprint density at radius 1 is 1.47 bits per heavy atom. The van der Waals surface area contributed by atoms with E-state index in [0.29, 0.717) is 12.6 Å². The Balaban J connectivity index is 2.20. The van der Waals surface area contributed by atoms with Crippen LogP contribution in [0.15, 0.2) is 18.3 Å². The van der Waals surface area contributed by atoms with Crippen LogP contribution in [0.2, 0.25) is 0 Å². The first kappa shape index (κ1) is 12.4. The molecule has 1 fully saturated rings. The lowest BCUT2D eigenvalue weighted by atomic mass is 10.1. The number of ether oxygens (including phenoxy) is 1. The zero-order valence-corrected chi connectivity index (χ0v) is 10.9. The zero-order valence-electron chi connectivity index (χ0n) is 10.9. The zero-order chi connectivity index (χ0) is 12.1. The molecule has 0 saturated carbocycles. The Labute approximate surface area is 104 Å². The SMILES string of the molecule is CCCN1CCC[C@@H]1c1cccnc1OCC.